The van der Waals surface area contributed by atoms with Crippen LogP contribution in [0.25, 0.3) is 22.4 Å². The van der Waals surface area contributed by atoms with E-state index in [0.29, 0.717) is 23.3 Å². The highest BCUT2D eigenvalue weighted by Gasteiger charge is 2.17. The van der Waals surface area contributed by atoms with Gasteiger partial charge in [0, 0.05) is 24.7 Å². The molecular weight excluding hydrogens is 493 g/mol. The van der Waals surface area contributed by atoms with Crippen molar-refractivity contribution in [3.8, 4) is 17.4 Å². The summed E-state index contributed by atoms with van der Waals surface area (Å²) in [6.07, 6.45) is 5.06. The Kier molecular flexibility index (Phi) is 5.56. The molecule has 0 saturated heterocycles. The molecule has 0 atom stereocenters. The smallest absolute Gasteiger partial charge is 0.312 e. The molecule has 172 valence electrons. The quantitative estimate of drug-likeness (QED) is 0.399. The number of pyridine rings is 2. The summed E-state index contributed by atoms with van der Waals surface area (Å²) in [5.74, 6) is 0. The number of aromatic amines is 1. The lowest BCUT2D eigenvalue weighted by atomic mass is 10.2. The van der Waals surface area contributed by atoms with E-state index in [2.05, 4.69) is 10.1 Å². The molecular formula is C23H13Cl2N7O3. The van der Waals surface area contributed by atoms with Gasteiger partial charge in [-0.05, 0) is 42.0 Å². The normalized spacial score (nSPS) is 11.0. The van der Waals surface area contributed by atoms with Gasteiger partial charge >= 0.3 is 5.69 Å². The molecule has 35 heavy (non-hydrogen) atoms. The molecule has 0 aliphatic heterocycles. The minimum Gasteiger partial charge on any atom is -0.312 e. The summed E-state index contributed by atoms with van der Waals surface area (Å²) in [5, 5.41) is 13.2. The van der Waals surface area contributed by atoms with E-state index in [0.717, 1.165) is 10.2 Å². The molecule has 0 amide bonds. The van der Waals surface area contributed by atoms with Crippen LogP contribution in [0.4, 0.5) is 0 Å². The number of nitrogens with zero attached hydrogens (tertiary/aromatic N) is 6. The lowest BCUT2D eigenvalue weighted by molar-refractivity contribution is 0.740. The molecule has 12 heteroatoms. The summed E-state index contributed by atoms with van der Waals surface area (Å²) in [6, 6.07) is 13.1. The first kappa shape index (κ1) is 22.3. The van der Waals surface area contributed by atoms with Gasteiger partial charge in [0.25, 0.3) is 11.1 Å². The summed E-state index contributed by atoms with van der Waals surface area (Å²) in [6.45, 7) is 0.352. The number of hydrogen-bond donors (Lipinski definition) is 1. The zero-order valence-corrected chi connectivity index (χ0v) is 19.2. The molecule has 4 heterocycles. The summed E-state index contributed by atoms with van der Waals surface area (Å²) in [5.41, 5.74) is 0.453. The van der Waals surface area contributed by atoms with Crippen LogP contribution in [0.5, 0.6) is 0 Å². The standard InChI is InChI=1S/C23H13Cl2N7O3/c24-15-9-14(32-23(35)28-22(34)17(11-26)29-32)10-16(25)21(15)30-8-5-19-18(30)1-2-20(33)31(19)12-13-3-6-27-7-4-13/h1-10H,12H2,(H,28,34,35). The van der Waals surface area contributed by atoms with Gasteiger partial charge in [-0.2, -0.15) is 9.94 Å². The van der Waals surface area contributed by atoms with Crippen LogP contribution >= 0.6 is 23.2 Å². The molecule has 0 bridgehead atoms. The van der Waals surface area contributed by atoms with Gasteiger partial charge in [-0.1, -0.05) is 23.2 Å². The number of nitriles is 1. The molecule has 5 rings (SSSR count). The molecule has 4 aromatic heterocycles. The Bertz CT molecular complexity index is 1810. The van der Waals surface area contributed by atoms with Crippen LogP contribution in [-0.4, -0.2) is 28.9 Å². The second-order valence-electron chi connectivity index (χ2n) is 7.46. The zero-order chi connectivity index (χ0) is 24.7. The Morgan fingerprint density at radius 1 is 0.971 bits per heavy atom. The highest BCUT2D eigenvalue weighted by molar-refractivity contribution is 6.38. The van der Waals surface area contributed by atoms with E-state index in [9.17, 15) is 14.4 Å². The Labute approximate surface area is 205 Å². The topological polar surface area (TPSA) is 131 Å². The number of nitrogens with one attached hydrogen (secondary N) is 1. The molecule has 0 spiro atoms. The summed E-state index contributed by atoms with van der Waals surface area (Å²) in [7, 11) is 0. The SMILES string of the molecule is N#Cc1nn(-c2cc(Cl)c(-n3ccc4c3ccc(=O)n4Cc3ccncc3)c(Cl)c2)c(=O)[nH]c1=O. The largest absolute Gasteiger partial charge is 0.349 e. The van der Waals surface area contributed by atoms with Gasteiger partial charge < -0.3 is 9.13 Å². The summed E-state index contributed by atoms with van der Waals surface area (Å²) >= 11 is 13.1. The van der Waals surface area contributed by atoms with E-state index >= 15 is 0 Å². The number of rotatable bonds is 4. The van der Waals surface area contributed by atoms with Gasteiger partial charge in [0.05, 0.1) is 39.0 Å². The summed E-state index contributed by atoms with van der Waals surface area (Å²) in [4.78, 5) is 42.6. The molecule has 0 radical (unpaired) electrons. The van der Waals surface area contributed by atoms with Gasteiger partial charge in [0.15, 0.2) is 0 Å². The first-order valence-electron chi connectivity index (χ1n) is 10.1. The van der Waals surface area contributed by atoms with Crippen LogP contribution in [0, 0.1) is 11.3 Å². The van der Waals surface area contributed by atoms with Crippen LogP contribution in [0.2, 0.25) is 10.0 Å². The van der Waals surface area contributed by atoms with Crippen molar-refractivity contribution in [1.29, 1.82) is 5.26 Å². The third-order valence-electron chi connectivity index (χ3n) is 5.36. The van der Waals surface area contributed by atoms with E-state index < -0.39 is 16.9 Å². The predicted octanol–water partition coefficient (Wildman–Crippen LogP) is 2.65. The highest BCUT2D eigenvalue weighted by atomic mass is 35.5. The number of hydrogen-bond acceptors (Lipinski definition) is 6. The van der Waals surface area contributed by atoms with Crippen LogP contribution in [0.3, 0.4) is 0 Å². The molecule has 0 fully saturated rings. The third kappa shape index (κ3) is 3.93. The number of aromatic nitrogens is 6. The maximum absolute atomic E-state index is 12.6. The van der Waals surface area contributed by atoms with Crippen molar-refractivity contribution in [1.82, 2.24) is 28.9 Å². The lowest BCUT2D eigenvalue weighted by Crippen LogP contribution is -2.33. The Morgan fingerprint density at radius 3 is 2.37 bits per heavy atom. The van der Waals surface area contributed by atoms with E-state index in [1.165, 1.54) is 18.2 Å². The van der Waals surface area contributed by atoms with Crippen molar-refractivity contribution in [3.05, 3.63) is 114 Å². The number of halogens is 2. The first-order valence-corrected chi connectivity index (χ1v) is 10.9. The number of fused-ring (bicyclic) bond motifs is 1. The van der Waals surface area contributed by atoms with Gasteiger partial charge in [-0.15, -0.1) is 5.10 Å². The molecule has 0 saturated carbocycles. The molecule has 5 aromatic rings. The van der Waals surface area contributed by atoms with Gasteiger partial charge in [-0.3, -0.25) is 19.6 Å². The van der Waals surface area contributed by atoms with E-state index in [4.69, 9.17) is 28.5 Å². The maximum atomic E-state index is 12.6. The van der Waals surface area contributed by atoms with Gasteiger partial charge in [0.2, 0.25) is 5.69 Å². The Hall–Kier alpha value is -4.46. The molecule has 1 aromatic carbocycles. The minimum absolute atomic E-state index is 0.160. The van der Waals surface area contributed by atoms with Crippen molar-refractivity contribution in [2.45, 2.75) is 6.54 Å². The van der Waals surface area contributed by atoms with Crippen molar-refractivity contribution in [3.63, 3.8) is 0 Å². The lowest BCUT2D eigenvalue weighted by Gasteiger charge is -2.14. The summed E-state index contributed by atoms with van der Waals surface area (Å²) < 4.78 is 4.20. The van der Waals surface area contributed by atoms with E-state index in [1.807, 2.05) is 17.1 Å². The monoisotopic (exact) mass is 505 g/mol. The Morgan fingerprint density at radius 2 is 1.69 bits per heavy atom. The van der Waals surface area contributed by atoms with Crippen LogP contribution < -0.4 is 16.8 Å². The average molecular weight is 506 g/mol. The fourth-order valence-corrected chi connectivity index (χ4v) is 4.43. The average Bonchev–Trinajstić information content (AvgIpc) is 3.25. The van der Waals surface area contributed by atoms with E-state index in [-0.39, 0.29) is 21.3 Å². The molecule has 10 nitrogen and oxygen atoms in total. The van der Waals surface area contributed by atoms with E-state index in [1.54, 1.807) is 45.9 Å². The van der Waals surface area contributed by atoms with Crippen LogP contribution in [0.15, 0.2) is 75.4 Å². The molecule has 0 unspecified atom stereocenters. The van der Waals surface area contributed by atoms with Crippen molar-refractivity contribution >= 4 is 34.2 Å². The zero-order valence-electron chi connectivity index (χ0n) is 17.6. The molecule has 0 aliphatic carbocycles. The molecule has 0 aliphatic rings. The fourth-order valence-electron chi connectivity index (χ4n) is 3.77. The molecule has 1 N–H and O–H groups in total. The predicted molar refractivity (Wildman–Crippen MR) is 130 cm³/mol. The minimum atomic E-state index is -0.890. The van der Waals surface area contributed by atoms with Crippen LogP contribution in [-0.2, 0) is 6.54 Å². The maximum Gasteiger partial charge on any atom is 0.349 e. The second-order valence-corrected chi connectivity index (χ2v) is 8.27. The van der Waals surface area contributed by atoms with Gasteiger partial charge in [-0.25, -0.2) is 4.79 Å². The van der Waals surface area contributed by atoms with Gasteiger partial charge in [0.1, 0.15) is 6.07 Å². The number of benzene rings is 1. The van der Waals surface area contributed by atoms with Crippen LogP contribution in [0.1, 0.15) is 11.3 Å². The van der Waals surface area contributed by atoms with Crippen molar-refractivity contribution in [2.75, 3.05) is 0 Å². The second kappa shape index (κ2) is 8.72. The highest BCUT2D eigenvalue weighted by Crippen LogP contribution is 2.33. The van der Waals surface area contributed by atoms with Crippen molar-refractivity contribution in [2.24, 2.45) is 0 Å². The first-order chi connectivity index (χ1) is 16.9. The van der Waals surface area contributed by atoms with Crippen molar-refractivity contribution < 1.29 is 0 Å². The third-order valence-corrected chi connectivity index (χ3v) is 5.93. The Balaban J connectivity index is 1.64. The number of H-pyrrole nitrogens is 1. The fraction of sp³-hybridized carbons (Fsp3) is 0.0435.